The first kappa shape index (κ1) is 27.5. The van der Waals surface area contributed by atoms with Crippen LogP contribution in [0.1, 0.15) is 29.8 Å². The number of anilines is 1. The Labute approximate surface area is 209 Å². The van der Waals surface area contributed by atoms with E-state index in [2.05, 4.69) is 25.2 Å². The highest BCUT2D eigenvalue weighted by Gasteiger charge is 2.31. The van der Waals surface area contributed by atoms with Crippen molar-refractivity contribution in [1.82, 2.24) is 19.7 Å². The van der Waals surface area contributed by atoms with Gasteiger partial charge in [-0.3, -0.25) is 14.2 Å². The van der Waals surface area contributed by atoms with E-state index >= 15 is 0 Å². The normalized spacial score (nSPS) is 11.2. The summed E-state index contributed by atoms with van der Waals surface area (Å²) in [7, 11) is 0. The number of hydrogen-bond acceptors (Lipinski definition) is 8. The average molecular weight is 519 g/mol. The van der Waals surface area contributed by atoms with Gasteiger partial charge >= 0.3 is 12.1 Å². The molecule has 13 heteroatoms. The molecule has 1 amide bonds. The van der Waals surface area contributed by atoms with Crippen LogP contribution in [0.15, 0.2) is 53.5 Å². The number of nitrogens with zero attached hydrogens (tertiary/aromatic N) is 4. The molecule has 0 saturated carbocycles. The molecule has 0 fully saturated rings. The largest absolute Gasteiger partial charge is 0.573 e. The molecule has 0 aliphatic rings. The number of alkyl halides is 3. The molecule has 2 aromatic heterocycles. The number of unbranched alkanes of at least 4 members (excludes halogenated alkanes) is 1. The maximum Gasteiger partial charge on any atom is 0.573 e. The number of Topliss-reactive ketones (excluding diaryl/α,β-unsaturated/α-hetero) is 1. The molecule has 1 aromatic carbocycles. The molecule has 0 aliphatic heterocycles. The summed E-state index contributed by atoms with van der Waals surface area (Å²) in [5, 5.41) is 19.3. The number of amides is 1. The van der Waals surface area contributed by atoms with Crippen LogP contribution in [0.2, 0.25) is 0 Å². The third kappa shape index (κ3) is 9.44. The first-order valence-electron chi connectivity index (χ1n) is 11.3. The molecule has 37 heavy (non-hydrogen) atoms. The molecule has 3 aromatic rings. The van der Waals surface area contributed by atoms with Gasteiger partial charge in [-0.25, -0.2) is 4.79 Å². The highest BCUT2D eigenvalue weighted by molar-refractivity contribution is 5.91. The molecule has 3 rings (SSSR count). The van der Waals surface area contributed by atoms with Crippen molar-refractivity contribution in [3.05, 3.63) is 76.1 Å². The molecule has 0 radical (unpaired) electrons. The third-order valence-corrected chi connectivity index (χ3v) is 5.05. The fraction of sp³-hybridized carbons (Fsp3) is 0.333. The smallest absolute Gasteiger partial charge is 0.406 e. The first-order valence-corrected chi connectivity index (χ1v) is 11.3. The number of aromatic nitrogens is 4. The van der Waals surface area contributed by atoms with Gasteiger partial charge in [0, 0.05) is 12.7 Å². The maximum absolute atomic E-state index is 12.4. The Morgan fingerprint density at radius 3 is 2.51 bits per heavy atom. The second-order valence-electron chi connectivity index (χ2n) is 8.06. The van der Waals surface area contributed by atoms with Gasteiger partial charge in [0.15, 0.2) is 11.6 Å². The van der Waals surface area contributed by atoms with Crippen LogP contribution in [0.5, 0.6) is 5.75 Å². The molecule has 0 aliphatic carbocycles. The number of halogens is 3. The van der Waals surface area contributed by atoms with Crippen LogP contribution >= 0.6 is 0 Å². The van der Waals surface area contributed by atoms with Crippen LogP contribution in [0.3, 0.4) is 0 Å². The Balaban J connectivity index is 1.43. The second kappa shape index (κ2) is 12.7. The lowest BCUT2D eigenvalue weighted by Crippen LogP contribution is -2.24. The van der Waals surface area contributed by atoms with Crippen LogP contribution in [-0.2, 0) is 35.4 Å². The Bertz CT molecular complexity index is 1280. The molecule has 0 saturated heterocycles. The van der Waals surface area contributed by atoms with Crippen molar-refractivity contribution < 1.29 is 32.6 Å². The summed E-state index contributed by atoms with van der Waals surface area (Å²) in [5.74, 6) is -1.10. The topological polar surface area (TPSA) is 136 Å². The van der Waals surface area contributed by atoms with Crippen molar-refractivity contribution in [2.24, 2.45) is 0 Å². The van der Waals surface area contributed by atoms with Gasteiger partial charge in [0.05, 0.1) is 24.2 Å². The van der Waals surface area contributed by atoms with Crippen molar-refractivity contribution in [3.8, 4) is 5.75 Å². The van der Waals surface area contributed by atoms with E-state index in [1.165, 1.54) is 16.7 Å². The predicted octanol–water partition coefficient (Wildman–Crippen LogP) is 2.24. The quantitative estimate of drug-likeness (QED) is 0.348. The van der Waals surface area contributed by atoms with Gasteiger partial charge in [-0.15, -0.1) is 18.3 Å². The number of nitrogens with one attached hydrogen (secondary N) is 1. The standard InChI is InChI=1S/C24H24F3N5O5/c25-24(26,27)37-20-6-3-4-16(12-20)13-22(35)29-21-8-7-17(30-31-21)5-1-2-10-32-11-9-18(28-23(32)36)14-19(34)15-33/h3-4,6-9,11-12,33H,1-2,5,10,13-15H2,(H,29,31,35). The lowest BCUT2D eigenvalue weighted by molar-refractivity contribution is -0.274. The zero-order chi connectivity index (χ0) is 26.8. The van der Waals surface area contributed by atoms with E-state index in [0.717, 1.165) is 12.1 Å². The zero-order valence-corrected chi connectivity index (χ0v) is 19.6. The maximum atomic E-state index is 12.4. The van der Waals surface area contributed by atoms with Crippen molar-refractivity contribution >= 4 is 17.5 Å². The van der Waals surface area contributed by atoms with E-state index in [1.807, 2.05) is 0 Å². The van der Waals surface area contributed by atoms with Gasteiger partial charge in [0.2, 0.25) is 5.91 Å². The molecular formula is C24H24F3N5O5. The number of aryl methyl sites for hydroxylation is 2. The van der Waals surface area contributed by atoms with E-state index in [4.69, 9.17) is 5.11 Å². The number of hydrogen-bond donors (Lipinski definition) is 2. The van der Waals surface area contributed by atoms with E-state index < -0.39 is 36.1 Å². The number of aliphatic hydroxyl groups excluding tert-OH is 1. The van der Waals surface area contributed by atoms with Crippen LogP contribution in [0.25, 0.3) is 0 Å². The summed E-state index contributed by atoms with van der Waals surface area (Å²) in [6.45, 7) is -0.170. The number of carbonyl (C=O) groups excluding carboxylic acids is 2. The van der Waals surface area contributed by atoms with E-state index in [9.17, 15) is 27.6 Å². The Hall–Kier alpha value is -4.13. The summed E-state index contributed by atoms with van der Waals surface area (Å²) >= 11 is 0. The molecule has 0 unspecified atom stereocenters. The highest BCUT2D eigenvalue weighted by atomic mass is 19.4. The Morgan fingerprint density at radius 2 is 1.84 bits per heavy atom. The fourth-order valence-corrected chi connectivity index (χ4v) is 3.36. The van der Waals surface area contributed by atoms with Crippen LogP contribution in [0, 0.1) is 0 Å². The Kier molecular flexibility index (Phi) is 9.44. The predicted molar refractivity (Wildman–Crippen MR) is 125 cm³/mol. The zero-order valence-electron chi connectivity index (χ0n) is 19.6. The average Bonchev–Trinajstić information content (AvgIpc) is 2.83. The molecule has 0 bridgehead atoms. The van der Waals surface area contributed by atoms with E-state index in [0.29, 0.717) is 42.8 Å². The number of benzene rings is 1. The monoisotopic (exact) mass is 519 g/mol. The van der Waals surface area contributed by atoms with Gasteiger partial charge < -0.3 is 15.2 Å². The van der Waals surface area contributed by atoms with Crippen molar-refractivity contribution in [3.63, 3.8) is 0 Å². The van der Waals surface area contributed by atoms with E-state index in [-0.39, 0.29) is 18.7 Å². The van der Waals surface area contributed by atoms with Gasteiger partial charge in [-0.2, -0.15) is 10.1 Å². The fourth-order valence-electron chi connectivity index (χ4n) is 3.36. The van der Waals surface area contributed by atoms with Crippen molar-refractivity contribution in [1.29, 1.82) is 0 Å². The summed E-state index contributed by atoms with van der Waals surface area (Å²) in [6.07, 6.45) is -1.58. The minimum absolute atomic E-state index is 0.0915. The number of aliphatic hydroxyl groups is 1. The summed E-state index contributed by atoms with van der Waals surface area (Å²) in [4.78, 5) is 39.4. The number of rotatable bonds is 12. The first-order chi connectivity index (χ1) is 17.6. The number of ether oxygens (including phenoxy) is 1. The minimum atomic E-state index is -4.82. The lowest BCUT2D eigenvalue weighted by atomic mass is 10.1. The highest BCUT2D eigenvalue weighted by Crippen LogP contribution is 2.23. The van der Waals surface area contributed by atoms with Crippen molar-refractivity contribution in [2.75, 3.05) is 11.9 Å². The van der Waals surface area contributed by atoms with Crippen molar-refractivity contribution in [2.45, 2.75) is 45.0 Å². The van der Waals surface area contributed by atoms with Gasteiger partial charge in [0.1, 0.15) is 12.4 Å². The third-order valence-electron chi connectivity index (χ3n) is 5.05. The number of ketones is 1. The molecule has 0 atom stereocenters. The van der Waals surface area contributed by atoms with Crippen LogP contribution < -0.4 is 15.7 Å². The van der Waals surface area contributed by atoms with Crippen LogP contribution in [-0.4, -0.2) is 49.5 Å². The summed E-state index contributed by atoms with van der Waals surface area (Å²) in [6, 6.07) is 9.99. The molecular weight excluding hydrogens is 495 g/mol. The SMILES string of the molecule is O=C(CO)Cc1ccn(CCCCc2ccc(NC(=O)Cc3cccc(OC(F)(F)F)c3)nn2)c(=O)n1. The molecule has 2 heterocycles. The van der Waals surface area contributed by atoms with Gasteiger partial charge in [-0.05, 0) is 55.2 Å². The summed E-state index contributed by atoms with van der Waals surface area (Å²) in [5.41, 5.74) is 0.860. The molecule has 2 N–H and O–H groups in total. The second-order valence-corrected chi connectivity index (χ2v) is 8.06. The minimum Gasteiger partial charge on any atom is -0.406 e. The summed E-state index contributed by atoms with van der Waals surface area (Å²) < 4.78 is 42.4. The molecule has 196 valence electrons. The van der Waals surface area contributed by atoms with Gasteiger partial charge in [-0.1, -0.05) is 12.1 Å². The van der Waals surface area contributed by atoms with E-state index in [1.54, 1.807) is 24.4 Å². The van der Waals surface area contributed by atoms with Gasteiger partial charge in [0.25, 0.3) is 0 Å². The number of carbonyl (C=O) groups is 2. The lowest BCUT2D eigenvalue weighted by Gasteiger charge is -2.10. The molecule has 0 spiro atoms. The molecule has 10 nitrogen and oxygen atoms in total. The van der Waals surface area contributed by atoms with Crippen LogP contribution in [0.4, 0.5) is 19.0 Å². The Morgan fingerprint density at radius 1 is 1.03 bits per heavy atom.